The summed E-state index contributed by atoms with van der Waals surface area (Å²) in [4.78, 5) is 0. The second-order valence-electron chi connectivity index (χ2n) is 5.33. The molecule has 0 aliphatic rings. The molecule has 4 nitrogen and oxygen atoms in total. The molecule has 1 aromatic rings. The van der Waals surface area contributed by atoms with E-state index in [1.807, 2.05) is 0 Å². The molecule has 0 bridgehead atoms. The van der Waals surface area contributed by atoms with Crippen molar-refractivity contribution in [1.29, 1.82) is 0 Å². The summed E-state index contributed by atoms with van der Waals surface area (Å²) in [6.45, 7) is 6.50. The van der Waals surface area contributed by atoms with E-state index in [1.165, 1.54) is 12.1 Å². The number of ether oxygens (including phenoxy) is 1. The molecule has 0 heterocycles. The molecule has 3 N–H and O–H groups in total. The Morgan fingerprint density at radius 2 is 1.33 bits per heavy atom. The van der Waals surface area contributed by atoms with Gasteiger partial charge in [-0.25, -0.2) is 0 Å². The monoisotopic (exact) mass is 308 g/mol. The zero-order chi connectivity index (χ0) is 16.9. The first-order chi connectivity index (χ1) is 9.35. The fourth-order valence-electron chi connectivity index (χ4n) is 1.13. The van der Waals surface area contributed by atoms with Crippen molar-refractivity contribution < 1.29 is 33.1 Å². The normalized spacial score (nSPS) is 12.3. The third-order valence-electron chi connectivity index (χ3n) is 3.03. The van der Waals surface area contributed by atoms with Gasteiger partial charge in [0.15, 0.2) is 0 Å². The molecular formula is C13H20BF3O4. The van der Waals surface area contributed by atoms with Crippen LogP contribution in [0.1, 0.15) is 33.3 Å². The van der Waals surface area contributed by atoms with Crippen molar-refractivity contribution in [1.82, 2.24) is 0 Å². The van der Waals surface area contributed by atoms with Crippen molar-refractivity contribution in [3.63, 3.8) is 0 Å². The molecule has 1 rings (SSSR count). The van der Waals surface area contributed by atoms with E-state index in [0.717, 1.165) is 12.1 Å². The lowest BCUT2D eigenvalue weighted by Crippen LogP contribution is -2.49. The maximum absolute atomic E-state index is 12.4. The summed E-state index contributed by atoms with van der Waals surface area (Å²) in [5, 5.41) is 24.1. The number of hydrogen-bond donors (Lipinski definition) is 3. The van der Waals surface area contributed by atoms with Gasteiger partial charge in [0.25, 0.3) is 0 Å². The SMILES string of the molecule is CC(C)(O)C(C)(C)Oc1ccc(C(F)(F)F)cc1.OBO. The Bertz CT molecular complexity index is 425. The Morgan fingerprint density at radius 3 is 1.62 bits per heavy atom. The first-order valence-electron chi connectivity index (χ1n) is 6.15. The standard InChI is InChI=1S/C13H17F3O2.BH3O2/c1-11(2,17)12(3,4)18-10-7-5-9(6-8-10)13(14,15)16;2-1-3/h5-8,17H,1-4H3;1-3H. The molecule has 0 aliphatic heterocycles. The van der Waals surface area contributed by atoms with E-state index in [0.29, 0.717) is 0 Å². The summed E-state index contributed by atoms with van der Waals surface area (Å²) in [7, 11) is -0.750. The van der Waals surface area contributed by atoms with Crippen LogP contribution in [0.15, 0.2) is 24.3 Å². The van der Waals surface area contributed by atoms with Crippen LogP contribution >= 0.6 is 0 Å². The number of benzene rings is 1. The Kier molecular flexibility index (Phi) is 6.73. The van der Waals surface area contributed by atoms with Gasteiger partial charge >= 0.3 is 13.9 Å². The Hall–Kier alpha value is -1.25. The largest absolute Gasteiger partial charge is 0.485 e. The minimum Gasteiger partial charge on any atom is -0.485 e. The van der Waals surface area contributed by atoms with Crippen LogP contribution in [0.4, 0.5) is 13.2 Å². The van der Waals surface area contributed by atoms with E-state index >= 15 is 0 Å². The highest BCUT2D eigenvalue weighted by Gasteiger charge is 2.37. The fraction of sp³-hybridized carbons (Fsp3) is 0.538. The van der Waals surface area contributed by atoms with Gasteiger partial charge in [0.05, 0.1) is 11.2 Å². The Balaban J connectivity index is 0.00000122. The summed E-state index contributed by atoms with van der Waals surface area (Å²) in [5.74, 6) is 0.287. The highest BCUT2D eigenvalue weighted by Crippen LogP contribution is 2.32. The number of rotatable bonds is 3. The predicted octanol–water partition coefficient (Wildman–Crippen LogP) is 1.87. The summed E-state index contributed by atoms with van der Waals surface area (Å²) < 4.78 is 42.6. The van der Waals surface area contributed by atoms with Crippen LogP contribution in [0.25, 0.3) is 0 Å². The molecule has 0 saturated heterocycles. The molecule has 0 atom stereocenters. The molecule has 0 spiro atoms. The van der Waals surface area contributed by atoms with Crippen LogP contribution in [0.2, 0.25) is 0 Å². The topological polar surface area (TPSA) is 69.9 Å². The lowest BCUT2D eigenvalue weighted by Gasteiger charge is -2.37. The average molecular weight is 308 g/mol. The van der Waals surface area contributed by atoms with E-state index in [1.54, 1.807) is 27.7 Å². The number of aliphatic hydroxyl groups is 1. The van der Waals surface area contributed by atoms with Crippen LogP contribution in [-0.4, -0.2) is 34.0 Å². The molecule has 1 aromatic carbocycles. The van der Waals surface area contributed by atoms with E-state index < -0.39 is 30.6 Å². The molecule has 0 saturated carbocycles. The zero-order valence-electron chi connectivity index (χ0n) is 12.4. The van der Waals surface area contributed by atoms with E-state index in [-0.39, 0.29) is 5.75 Å². The summed E-state index contributed by atoms with van der Waals surface area (Å²) in [5.41, 5.74) is -2.75. The van der Waals surface area contributed by atoms with Crippen molar-refractivity contribution in [3.05, 3.63) is 29.8 Å². The molecule has 21 heavy (non-hydrogen) atoms. The fourth-order valence-corrected chi connectivity index (χ4v) is 1.13. The molecule has 0 aromatic heterocycles. The van der Waals surface area contributed by atoms with Gasteiger partial charge < -0.3 is 19.9 Å². The first kappa shape index (κ1) is 19.8. The minimum atomic E-state index is -4.36. The number of alkyl halides is 3. The predicted molar refractivity (Wildman–Crippen MR) is 74.0 cm³/mol. The molecule has 8 heteroatoms. The summed E-state index contributed by atoms with van der Waals surface area (Å²) in [6.07, 6.45) is -4.36. The zero-order valence-corrected chi connectivity index (χ0v) is 12.4. The van der Waals surface area contributed by atoms with Crippen LogP contribution in [-0.2, 0) is 6.18 Å². The second kappa shape index (κ2) is 7.15. The van der Waals surface area contributed by atoms with Crippen molar-refractivity contribution in [2.45, 2.75) is 45.1 Å². The van der Waals surface area contributed by atoms with Gasteiger partial charge in [-0.3, -0.25) is 0 Å². The van der Waals surface area contributed by atoms with Gasteiger partial charge in [0, 0.05) is 0 Å². The maximum Gasteiger partial charge on any atom is 0.432 e. The van der Waals surface area contributed by atoms with Crippen molar-refractivity contribution >= 4 is 7.69 Å². The van der Waals surface area contributed by atoms with Crippen LogP contribution in [0.3, 0.4) is 0 Å². The van der Waals surface area contributed by atoms with Gasteiger partial charge in [-0.05, 0) is 52.0 Å². The molecule has 0 radical (unpaired) electrons. The highest BCUT2D eigenvalue weighted by atomic mass is 19.4. The highest BCUT2D eigenvalue weighted by molar-refractivity contribution is 6.13. The molecule has 0 unspecified atom stereocenters. The average Bonchev–Trinajstić information content (AvgIpc) is 2.27. The third kappa shape index (κ3) is 6.37. The van der Waals surface area contributed by atoms with Gasteiger partial charge in [0.2, 0.25) is 0 Å². The number of halogens is 3. The van der Waals surface area contributed by atoms with Gasteiger partial charge in [-0.2, -0.15) is 13.2 Å². The lowest BCUT2D eigenvalue weighted by molar-refractivity contribution is -0.137. The van der Waals surface area contributed by atoms with Crippen molar-refractivity contribution in [2.75, 3.05) is 0 Å². The van der Waals surface area contributed by atoms with Crippen molar-refractivity contribution in [3.8, 4) is 5.75 Å². The summed E-state index contributed by atoms with van der Waals surface area (Å²) in [6, 6.07) is 4.40. The third-order valence-corrected chi connectivity index (χ3v) is 3.03. The van der Waals surface area contributed by atoms with E-state index in [2.05, 4.69) is 0 Å². The van der Waals surface area contributed by atoms with Crippen molar-refractivity contribution in [2.24, 2.45) is 0 Å². The molecule has 120 valence electrons. The minimum absolute atomic E-state index is 0.287. The Morgan fingerprint density at radius 1 is 0.952 bits per heavy atom. The van der Waals surface area contributed by atoms with Crippen LogP contribution in [0, 0.1) is 0 Å². The second-order valence-corrected chi connectivity index (χ2v) is 5.33. The smallest absolute Gasteiger partial charge is 0.432 e. The lowest BCUT2D eigenvalue weighted by atomic mass is 9.89. The molecule has 0 aliphatic carbocycles. The van der Waals surface area contributed by atoms with Gasteiger partial charge in [0.1, 0.15) is 11.4 Å². The molecular weight excluding hydrogens is 288 g/mol. The molecule has 0 amide bonds. The quantitative estimate of drug-likeness (QED) is 0.746. The maximum atomic E-state index is 12.4. The van der Waals surface area contributed by atoms with Gasteiger partial charge in [-0.1, -0.05) is 0 Å². The van der Waals surface area contributed by atoms with Crippen LogP contribution < -0.4 is 4.74 Å². The molecule has 0 fully saturated rings. The van der Waals surface area contributed by atoms with Gasteiger partial charge in [-0.15, -0.1) is 0 Å². The van der Waals surface area contributed by atoms with Crippen LogP contribution in [0.5, 0.6) is 5.75 Å². The number of hydrogen-bond acceptors (Lipinski definition) is 4. The summed E-state index contributed by atoms with van der Waals surface area (Å²) >= 11 is 0. The van der Waals surface area contributed by atoms with E-state index in [9.17, 15) is 18.3 Å². The van der Waals surface area contributed by atoms with E-state index in [4.69, 9.17) is 14.8 Å². The first-order valence-corrected chi connectivity index (χ1v) is 6.15. The Labute approximate surface area is 122 Å².